The molecule has 0 aliphatic rings. The maximum absolute atomic E-state index is 12.6. The Balaban J connectivity index is 1.89. The van der Waals surface area contributed by atoms with E-state index in [1.54, 1.807) is 26.8 Å². The van der Waals surface area contributed by atoms with Crippen LogP contribution in [0.1, 0.15) is 44.7 Å². The van der Waals surface area contributed by atoms with E-state index in [1.807, 2.05) is 6.07 Å². The number of hydrogen-bond acceptors (Lipinski definition) is 9. The first-order chi connectivity index (χ1) is 16.9. The van der Waals surface area contributed by atoms with Gasteiger partial charge in [-0.2, -0.15) is 10.2 Å². The van der Waals surface area contributed by atoms with Crippen molar-refractivity contribution >= 4 is 23.6 Å². The van der Waals surface area contributed by atoms with E-state index >= 15 is 0 Å². The van der Waals surface area contributed by atoms with Gasteiger partial charge in [0.05, 0.1) is 12.7 Å². The monoisotopic (exact) mass is 508 g/mol. The molecule has 2 rings (SSSR count). The fourth-order valence-corrected chi connectivity index (χ4v) is 2.79. The maximum atomic E-state index is 12.6. The number of halogens is 3. The molecule has 0 bridgehead atoms. The number of alkyl carbamates (subject to hydrolysis) is 1. The summed E-state index contributed by atoms with van der Waals surface area (Å²) >= 11 is 0. The molecule has 194 valence electrons. The molecular weight excluding hydrogens is 481 g/mol. The summed E-state index contributed by atoms with van der Waals surface area (Å²) in [7, 11) is 0. The minimum atomic E-state index is -4.84. The number of carbonyl (C=O) groups excluding carboxylic acids is 2. The number of anilines is 2. The average molecular weight is 509 g/mol. The molecule has 0 aliphatic carbocycles. The van der Waals surface area contributed by atoms with Gasteiger partial charge in [-0.15, -0.1) is 13.2 Å². The SMILES string of the molecule is CC(C)(C)OC(=O)NCCCC(=O)CNc1nc(NCc2ccccc2OC(F)(F)F)ncc1C#N. The third kappa shape index (κ3) is 10.5. The number of ether oxygens (including phenoxy) is 2. The van der Waals surface area contributed by atoms with Gasteiger partial charge in [-0.25, -0.2) is 9.78 Å². The van der Waals surface area contributed by atoms with Gasteiger partial charge in [0, 0.05) is 25.1 Å². The predicted molar refractivity (Wildman–Crippen MR) is 124 cm³/mol. The summed E-state index contributed by atoms with van der Waals surface area (Å²) in [6, 6.07) is 7.51. The smallest absolute Gasteiger partial charge is 0.444 e. The van der Waals surface area contributed by atoms with Crippen LogP contribution in [-0.2, 0) is 16.1 Å². The van der Waals surface area contributed by atoms with E-state index in [-0.39, 0.29) is 60.5 Å². The zero-order valence-electron chi connectivity index (χ0n) is 20.0. The number of benzene rings is 1. The van der Waals surface area contributed by atoms with Crippen molar-refractivity contribution < 1.29 is 32.2 Å². The van der Waals surface area contributed by atoms with Crippen LogP contribution in [0.3, 0.4) is 0 Å². The van der Waals surface area contributed by atoms with Crippen molar-refractivity contribution in [1.29, 1.82) is 5.26 Å². The highest BCUT2D eigenvalue weighted by Crippen LogP contribution is 2.26. The van der Waals surface area contributed by atoms with Crippen LogP contribution in [0.15, 0.2) is 30.5 Å². The number of Topliss-reactive ketones (excluding diaryl/α,β-unsaturated/α-hetero) is 1. The van der Waals surface area contributed by atoms with E-state index < -0.39 is 18.1 Å². The standard InChI is InChI=1S/C23H27F3N6O4/c1-22(2,3)36-21(34)28-10-6-8-17(33)14-29-19-16(11-27)13-31-20(32-19)30-12-15-7-4-5-9-18(15)35-23(24,25)26/h4-5,7,9,13H,6,8,10,12,14H2,1-3H3,(H,28,34)(H2,29,30,31,32). The molecule has 1 aromatic heterocycles. The third-order valence-electron chi connectivity index (χ3n) is 4.30. The number of hydrogen-bond donors (Lipinski definition) is 3. The van der Waals surface area contributed by atoms with Crippen LogP contribution >= 0.6 is 0 Å². The number of ketones is 1. The van der Waals surface area contributed by atoms with E-state index in [0.717, 1.165) is 0 Å². The molecule has 0 saturated heterocycles. The normalized spacial score (nSPS) is 11.2. The van der Waals surface area contributed by atoms with Crippen molar-refractivity contribution in [3.63, 3.8) is 0 Å². The van der Waals surface area contributed by atoms with Crippen LogP contribution in [0.25, 0.3) is 0 Å². The molecule has 1 amide bonds. The Morgan fingerprint density at radius 3 is 2.53 bits per heavy atom. The number of nitrogens with one attached hydrogen (secondary N) is 3. The second kappa shape index (κ2) is 12.6. The fourth-order valence-electron chi connectivity index (χ4n) is 2.79. The van der Waals surface area contributed by atoms with Gasteiger partial charge in [-0.05, 0) is 33.3 Å². The fraction of sp³-hybridized carbons (Fsp3) is 0.435. The molecule has 0 saturated carbocycles. The molecule has 36 heavy (non-hydrogen) atoms. The topological polar surface area (TPSA) is 138 Å². The first kappa shape index (κ1) is 28.2. The lowest BCUT2D eigenvalue weighted by atomic mass is 10.2. The quantitative estimate of drug-likeness (QED) is 0.382. The number of nitriles is 1. The van der Waals surface area contributed by atoms with E-state index in [1.165, 1.54) is 24.4 Å². The Kier molecular flexibility index (Phi) is 9.83. The lowest BCUT2D eigenvalue weighted by Gasteiger charge is -2.19. The first-order valence-electron chi connectivity index (χ1n) is 10.9. The summed E-state index contributed by atoms with van der Waals surface area (Å²) in [5.74, 6) is -0.421. The van der Waals surface area contributed by atoms with Gasteiger partial charge in [-0.3, -0.25) is 4.79 Å². The van der Waals surface area contributed by atoms with Gasteiger partial charge in [0.2, 0.25) is 5.95 Å². The minimum Gasteiger partial charge on any atom is -0.444 e. The minimum absolute atomic E-state index is 0.0346. The Bertz CT molecular complexity index is 1100. The zero-order valence-corrected chi connectivity index (χ0v) is 20.0. The molecule has 0 spiro atoms. The number of carbonyl (C=O) groups is 2. The number of nitrogens with zero attached hydrogens (tertiary/aromatic N) is 3. The van der Waals surface area contributed by atoms with E-state index in [0.29, 0.717) is 6.42 Å². The van der Waals surface area contributed by atoms with Gasteiger partial charge in [0.15, 0.2) is 5.78 Å². The van der Waals surface area contributed by atoms with Crippen molar-refractivity contribution in [2.45, 2.75) is 52.1 Å². The summed E-state index contributed by atoms with van der Waals surface area (Å²) in [6.45, 7) is 5.28. The molecule has 1 aromatic carbocycles. The van der Waals surface area contributed by atoms with Crippen molar-refractivity contribution in [3.05, 3.63) is 41.6 Å². The average Bonchev–Trinajstić information content (AvgIpc) is 2.78. The highest BCUT2D eigenvalue weighted by Gasteiger charge is 2.32. The summed E-state index contributed by atoms with van der Waals surface area (Å²) < 4.78 is 46.9. The van der Waals surface area contributed by atoms with Crippen LogP contribution in [-0.4, -0.2) is 46.9 Å². The van der Waals surface area contributed by atoms with Crippen LogP contribution in [0.5, 0.6) is 5.75 Å². The number of aromatic nitrogens is 2. The van der Waals surface area contributed by atoms with E-state index in [9.17, 15) is 28.0 Å². The molecular formula is C23H27F3N6O4. The molecule has 0 fully saturated rings. The second-order valence-electron chi connectivity index (χ2n) is 8.50. The molecule has 0 radical (unpaired) electrons. The van der Waals surface area contributed by atoms with Crippen LogP contribution < -0.4 is 20.7 Å². The van der Waals surface area contributed by atoms with Gasteiger partial charge in [0.25, 0.3) is 0 Å². The zero-order chi connectivity index (χ0) is 26.8. The van der Waals surface area contributed by atoms with Gasteiger partial charge in [-0.1, -0.05) is 18.2 Å². The maximum Gasteiger partial charge on any atom is 0.573 e. The van der Waals surface area contributed by atoms with Crippen LogP contribution in [0.4, 0.5) is 29.7 Å². The summed E-state index contributed by atoms with van der Waals surface area (Å²) in [4.78, 5) is 31.9. The lowest BCUT2D eigenvalue weighted by molar-refractivity contribution is -0.274. The molecule has 0 aliphatic heterocycles. The molecule has 3 N–H and O–H groups in total. The summed E-state index contributed by atoms with van der Waals surface area (Å²) in [5, 5.41) is 17.4. The van der Waals surface area contributed by atoms with Crippen molar-refractivity contribution in [3.8, 4) is 11.8 Å². The van der Waals surface area contributed by atoms with Crippen LogP contribution in [0, 0.1) is 11.3 Å². The molecule has 13 heteroatoms. The highest BCUT2D eigenvalue weighted by molar-refractivity contribution is 5.83. The van der Waals surface area contributed by atoms with E-state index in [2.05, 4.69) is 30.7 Å². The Morgan fingerprint density at radius 1 is 1.14 bits per heavy atom. The number of rotatable bonds is 11. The van der Waals surface area contributed by atoms with Gasteiger partial charge in [0.1, 0.15) is 28.8 Å². The van der Waals surface area contributed by atoms with E-state index in [4.69, 9.17) is 4.74 Å². The van der Waals surface area contributed by atoms with Gasteiger partial charge >= 0.3 is 12.5 Å². The predicted octanol–water partition coefficient (Wildman–Crippen LogP) is 4.14. The van der Waals surface area contributed by atoms with Crippen molar-refractivity contribution in [1.82, 2.24) is 15.3 Å². The van der Waals surface area contributed by atoms with Crippen molar-refractivity contribution in [2.75, 3.05) is 23.7 Å². The largest absolute Gasteiger partial charge is 0.573 e. The number of alkyl halides is 3. The second-order valence-corrected chi connectivity index (χ2v) is 8.50. The highest BCUT2D eigenvalue weighted by atomic mass is 19.4. The Hall–Kier alpha value is -4.08. The van der Waals surface area contributed by atoms with Crippen molar-refractivity contribution in [2.24, 2.45) is 0 Å². The lowest BCUT2D eigenvalue weighted by Crippen LogP contribution is -2.33. The number of para-hydroxylation sites is 1. The third-order valence-corrected chi connectivity index (χ3v) is 4.30. The summed E-state index contributed by atoms with van der Waals surface area (Å²) in [5.41, 5.74) is -0.318. The molecule has 10 nitrogen and oxygen atoms in total. The first-order valence-corrected chi connectivity index (χ1v) is 10.9. The molecule has 0 atom stereocenters. The van der Waals surface area contributed by atoms with Gasteiger partial charge < -0.3 is 25.4 Å². The molecule has 0 unspecified atom stereocenters. The molecule has 2 aromatic rings. The Morgan fingerprint density at radius 2 is 1.86 bits per heavy atom. The van der Waals surface area contributed by atoms with Crippen LogP contribution in [0.2, 0.25) is 0 Å². The summed E-state index contributed by atoms with van der Waals surface area (Å²) in [6.07, 6.45) is -3.63. The molecule has 1 heterocycles. The Labute approximate surface area is 206 Å². The number of amides is 1.